The standard InChI is InChI=1S/C22H21FN4O2S/c1-4-27-19-8-6-17(10-15(19)11-24-27)26-22(28)29-12-20-14(3)25-21(30-20)18-7-5-16(23)9-13(18)2/h5-11H,4,12H2,1-3H3,(H,26,28). The first-order chi connectivity index (χ1) is 14.4. The molecule has 0 saturated heterocycles. The fourth-order valence-electron chi connectivity index (χ4n) is 3.25. The molecule has 154 valence electrons. The summed E-state index contributed by atoms with van der Waals surface area (Å²) in [6.07, 6.45) is 1.24. The number of rotatable bonds is 5. The van der Waals surface area contributed by atoms with Crippen LogP contribution in [-0.2, 0) is 17.9 Å². The number of fused-ring (bicyclic) bond motifs is 1. The van der Waals surface area contributed by atoms with E-state index in [4.69, 9.17) is 4.74 Å². The molecule has 1 amide bonds. The van der Waals surface area contributed by atoms with Crippen molar-refractivity contribution < 1.29 is 13.9 Å². The molecule has 0 atom stereocenters. The number of carbonyl (C=O) groups is 1. The van der Waals surface area contributed by atoms with Crippen LogP contribution >= 0.6 is 11.3 Å². The highest BCUT2D eigenvalue weighted by molar-refractivity contribution is 7.15. The zero-order valence-electron chi connectivity index (χ0n) is 16.9. The molecular formula is C22H21FN4O2S. The Morgan fingerprint density at radius 3 is 2.83 bits per heavy atom. The van der Waals surface area contributed by atoms with Gasteiger partial charge in [0.1, 0.15) is 17.4 Å². The predicted molar refractivity (Wildman–Crippen MR) is 116 cm³/mol. The van der Waals surface area contributed by atoms with Crippen LogP contribution in [0.5, 0.6) is 0 Å². The number of carbonyl (C=O) groups excluding carboxylic acids is 1. The van der Waals surface area contributed by atoms with Gasteiger partial charge in [-0.2, -0.15) is 5.10 Å². The van der Waals surface area contributed by atoms with E-state index in [0.29, 0.717) is 5.69 Å². The summed E-state index contributed by atoms with van der Waals surface area (Å²) in [7, 11) is 0. The van der Waals surface area contributed by atoms with Crippen LogP contribution in [0.1, 0.15) is 23.1 Å². The first-order valence-electron chi connectivity index (χ1n) is 9.56. The molecule has 0 aliphatic heterocycles. The summed E-state index contributed by atoms with van der Waals surface area (Å²) in [6, 6.07) is 10.2. The third kappa shape index (κ3) is 4.04. The molecule has 1 N–H and O–H groups in total. The lowest BCUT2D eigenvalue weighted by atomic mass is 10.1. The van der Waals surface area contributed by atoms with E-state index in [0.717, 1.165) is 44.2 Å². The lowest BCUT2D eigenvalue weighted by molar-refractivity contribution is 0.156. The molecule has 4 aromatic rings. The molecule has 0 aliphatic rings. The molecular weight excluding hydrogens is 403 g/mol. The van der Waals surface area contributed by atoms with Crippen LogP contribution in [0.3, 0.4) is 0 Å². The summed E-state index contributed by atoms with van der Waals surface area (Å²) in [5.41, 5.74) is 4.14. The highest BCUT2D eigenvalue weighted by Crippen LogP contribution is 2.31. The van der Waals surface area contributed by atoms with Crippen molar-refractivity contribution >= 4 is 34.0 Å². The second-order valence-corrected chi connectivity index (χ2v) is 8.01. The fraction of sp³-hybridized carbons (Fsp3) is 0.227. The average molecular weight is 425 g/mol. The number of nitrogens with one attached hydrogen (secondary N) is 1. The minimum atomic E-state index is -0.537. The van der Waals surface area contributed by atoms with E-state index in [1.807, 2.05) is 43.7 Å². The molecule has 0 aliphatic carbocycles. The fourth-order valence-corrected chi connectivity index (χ4v) is 4.31. The number of benzene rings is 2. The summed E-state index contributed by atoms with van der Waals surface area (Å²) in [5, 5.41) is 8.78. The van der Waals surface area contributed by atoms with Gasteiger partial charge in [-0.25, -0.2) is 14.2 Å². The molecule has 0 fully saturated rings. The van der Waals surface area contributed by atoms with Gasteiger partial charge in [0.25, 0.3) is 0 Å². The smallest absolute Gasteiger partial charge is 0.411 e. The Kier molecular flexibility index (Phi) is 5.50. The topological polar surface area (TPSA) is 69.0 Å². The van der Waals surface area contributed by atoms with Gasteiger partial charge in [0.2, 0.25) is 0 Å². The van der Waals surface area contributed by atoms with Crippen LogP contribution in [0.15, 0.2) is 42.6 Å². The first-order valence-corrected chi connectivity index (χ1v) is 10.4. The second kappa shape index (κ2) is 8.23. The minimum Gasteiger partial charge on any atom is -0.444 e. The Morgan fingerprint density at radius 2 is 2.07 bits per heavy atom. The van der Waals surface area contributed by atoms with Crippen LogP contribution in [0.25, 0.3) is 21.5 Å². The Balaban J connectivity index is 1.42. The molecule has 2 heterocycles. The maximum absolute atomic E-state index is 13.4. The van der Waals surface area contributed by atoms with E-state index in [1.165, 1.54) is 23.5 Å². The van der Waals surface area contributed by atoms with Crippen LogP contribution < -0.4 is 5.32 Å². The number of nitrogens with zero attached hydrogens (tertiary/aromatic N) is 3. The maximum Gasteiger partial charge on any atom is 0.411 e. The Bertz CT molecular complexity index is 1230. The van der Waals surface area contributed by atoms with Crippen LogP contribution in [0.4, 0.5) is 14.9 Å². The van der Waals surface area contributed by atoms with E-state index in [-0.39, 0.29) is 12.4 Å². The number of thiazole rings is 1. The summed E-state index contributed by atoms with van der Waals surface area (Å²) < 4.78 is 20.6. The largest absolute Gasteiger partial charge is 0.444 e. The quantitative estimate of drug-likeness (QED) is 0.447. The minimum absolute atomic E-state index is 0.117. The summed E-state index contributed by atoms with van der Waals surface area (Å²) in [6.45, 7) is 6.65. The molecule has 2 aromatic carbocycles. The lowest BCUT2D eigenvalue weighted by Crippen LogP contribution is -2.13. The van der Waals surface area contributed by atoms with E-state index < -0.39 is 6.09 Å². The van der Waals surface area contributed by atoms with Gasteiger partial charge in [0.15, 0.2) is 0 Å². The van der Waals surface area contributed by atoms with Crippen molar-refractivity contribution in [2.24, 2.45) is 0 Å². The van der Waals surface area contributed by atoms with Crippen molar-refractivity contribution in [3.63, 3.8) is 0 Å². The number of ether oxygens (including phenoxy) is 1. The Hall–Kier alpha value is -3.26. The molecule has 4 rings (SSSR count). The zero-order valence-corrected chi connectivity index (χ0v) is 17.7. The van der Waals surface area contributed by atoms with Crippen molar-refractivity contribution in [2.45, 2.75) is 33.9 Å². The molecule has 30 heavy (non-hydrogen) atoms. The predicted octanol–water partition coefficient (Wildman–Crippen LogP) is 5.68. The Labute approximate surface area is 177 Å². The van der Waals surface area contributed by atoms with Crippen molar-refractivity contribution in [3.05, 3.63) is 64.5 Å². The van der Waals surface area contributed by atoms with Crippen molar-refractivity contribution in [1.29, 1.82) is 0 Å². The number of anilines is 1. The van der Waals surface area contributed by atoms with Crippen molar-refractivity contribution in [3.8, 4) is 10.6 Å². The number of aryl methyl sites for hydroxylation is 3. The monoisotopic (exact) mass is 424 g/mol. The van der Waals surface area contributed by atoms with Crippen molar-refractivity contribution in [2.75, 3.05) is 5.32 Å². The van der Waals surface area contributed by atoms with Gasteiger partial charge in [-0.05, 0) is 62.7 Å². The van der Waals surface area contributed by atoms with Gasteiger partial charge in [0, 0.05) is 23.2 Å². The van der Waals surface area contributed by atoms with Gasteiger partial charge < -0.3 is 4.74 Å². The molecule has 0 bridgehead atoms. The average Bonchev–Trinajstić information content (AvgIpc) is 3.29. The van der Waals surface area contributed by atoms with Gasteiger partial charge >= 0.3 is 6.09 Å². The first kappa shape index (κ1) is 20.0. The number of hydrogen-bond acceptors (Lipinski definition) is 5. The van der Waals surface area contributed by atoms with Gasteiger partial charge in [-0.15, -0.1) is 11.3 Å². The molecule has 0 spiro atoms. The van der Waals surface area contributed by atoms with Crippen LogP contribution in [0.2, 0.25) is 0 Å². The molecule has 8 heteroatoms. The molecule has 2 aromatic heterocycles. The molecule has 6 nitrogen and oxygen atoms in total. The van der Waals surface area contributed by atoms with E-state index in [1.54, 1.807) is 12.3 Å². The summed E-state index contributed by atoms with van der Waals surface area (Å²) in [4.78, 5) is 17.7. The van der Waals surface area contributed by atoms with Gasteiger partial charge in [0.05, 0.1) is 22.3 Å². The third-order valence-electron chi connectivity index (χ3n) is 4.83. The normalized spacial score (nSPS) is 11.1. The number of hydrogen-bond donors (Lipinski definition) is 1. The molecule has 0 saturated carbocycles. The SMILES string of the molecule is CCn1ncc2cc(NC(=O)OCc3sc(-c4ccc(F)cc4C)nc3C)ccc21. The van der Waals surface area contributed by atoms with Crippen LogP contribution in [0, 0.1) is 19.7 Å². The van der Waals surface area contributed by atoms with E-state index in [2.05, 4.69) is 15.4 Å². The highest BCUT2D eigenvalue weighted by atomic mass is 32.1. The van der Waals surface area contributed by atoms with E-state index >= 15 is 0 Å². The van der Waals surface area contributed by atoms with Gasteiger partial charge in [-0.1, -0.05) is 0 Å². The molecule has 0 radical (unpaired) electrons. The number of halogens is 1. The lowest BCUT2D eigenvalue weighted by Gasteiger charge is -2.07. The number of amides is 1. The van der Waals surface area contributed by atoms with Crippen molar-refractivity contribution in [1.82, 2.24) is 14.8 Å². The molecule has 0 unspecified atom stereocenters. The van der Waals surface area contributed by atoms with E-state index in [9.17, 15) is 9.18 Å². The van der Waals surface area contributed by atoms with Crippen LogP contribution in [-0.4, -0.2) is 20.9 Å². The summed E-state index contributed by atoms with van der Waals surface area (Å²) >= 11 is 1.44. The number of aromatic nitrogens is 3. The Morgan fingerprint density at radius 1 is 1.23 bits per heavy atom. The third-order valence-corrected chi connectivity index (χ3v) is 6.00. The zero-order chi connectivity index (χ0) is 21.3. The van der Waals surface area contributed by atoms with Gasteiger partial charge in [-0.3, -0.25) is 10.00 Å². The second-order valence-electron chi connectivity index (χ2n) is 6.92. The summed E-state index contributed by atoms with van der Waals surface area (Å²) in [5.74, 6) is -0.273. The maximum atomic E-state index is 13.4. The highest BCUT2D eigenvalue weighted by Gasteiger charge is 2.14.